The summed E-state index contributed by atoms with van der Waals surface area (Å²) in [6, 6.07) is 7.71. The van der Waals surface area contributed by atoms with Gasteiger partial charge in [-0.25, -0.2) is 0 Å². The fraction of sp³-hybridized carbons (Fsp3) is 0.824. The summed E-state index contributed by atoms with van der Waals surface area (Å²) in [5, 5.41) is 0.642. The van der Waals surface area contributed by atoms with Crippen LogP contribution in [0.4, 0.5) is 0 Å². The van der Waals surface area contributed by atoms with Crippen LogP contribution in [0.15, 0.2) is 18.2 Å². The lowest BCUT2D eigenvalue weighted by atomic mass is 9.76. The van der Waals surface area contributed by atoms with Gasteiger partial charge in [0.25, 0.3) is 0 Å². The van der Waals surface area contributed by atoms with Crippen LogP contribution in [0, 0.1) is 11.8 Å². The molecular weight excluding hydrogens is 456 g/mol. The van der Waals surface area contributed by atoms with Gasteiger partial charge < -0.3 is 4.74 Å². The van der Waals surface area contributed by atoms with Crippen LogP contribution in [0.2, 0.25) is 0 Å². The van der Waals surface area contributed by atoms with Crippen molar-refractivity contribution in [3.63, 3.8) is 0 Å². The van der Waals surface area contributed by atoms with E-state index in [2.05, 4.69) is 78.4 Å². The molecule has 0 aromatic heterocycles. The first-order valence-electron chi connectivity index (χ1n) is 15.7. The molecule has 4 fully saturated rings. The monoisotopic (exact) mass is 512 g/mol. The Morgan fingerprint density at radius 1 is 0.917 bits per heavy atom. The van der Waals surface area contributed by atoms with Crippen LogP contribution in [-0.2, 0) is 11.2 Å². The fourth-order valence-electron chi connectivity index (χ4n) is 6.49. The van der Waals surface area contributed by atoms with Gasteiger partial charge in [-0.1, -0.05) is 90.3 Å². The Labute approximate surface area is 228 Å². The molecule has 0 bridgehead atoms. The van der Waals surface area contributed by atoms with Crippen molar-refractivity contribution < 1.29 is 4.74 Å². The molecule has 1 saturated heterocycles. The molecule has 3 saturated carbocycles. The maximum absolute atomic E-state index is 6.67. The summed E-state index contributed by atoms with van der Waals surface area (Å²) in [5.74, 6) is 3.38. The van der Waals surface area contributed by atoms with E-state index in [4.69, 9.17) is 4.74 Å². The second kappa shape index (κ2) is 12.1. The van der Waals surface area contributed by atoms with Crippen molar-refractivity contribution in [2.75, 3.05) is 0 Å². The smallest absolute Gasteiger partial charge is 0.0788 e. The Morgan fingerprint density at radius 3 is 2.11 bits per heavy atom. The molecule has 1 heterocycles. The van der Waals surface area contributed by atoms with Crippen molar-refractivity contribution in [1.82, 2.24) is 0 Å². The molecular formula is C34H56OS. The molecule has 4 unspecified atom stereocenters. The number of rotatable bonds is 10. The fourth-order valence-corrected chi connectivity index (χ4v) is 8.23. The molecule has 4 aliphatic rings. The Kier molecular flexibility index (Phi) is 9.63. The van der Waals surface area contributed by atoms with Gasteiger partial charge in [-0.3, -0.25) is 0 Å². The van der Waals surface area contributed by atoms with Crippen LogP contribution in [0.1, 0.15) is 154 Å². The summed E-state index contributed by atoms with van der Waals surface area (Å²) < 4.78 is 6.84. The summed E-state index contributed by atoms with van der Waals surface area (Å²) in [4.78, 5) is 0. The predicted octanol–water partition coefficient (Wildman–Crippen LogP) is 10.5. The van der Waals surface area contributed by atoms with E-state index >= 15 is 0 Å². The third kappa shape index (κ3) is 6.39. The molecule has 36 heavy (non-hydrogen) atoms. The average molecular weight is 513 g/mol. The quantitative estimate of drug-likeness (QED) is 0.308. The van der Waals surface area contributed by atoms with Crippen LogP contribution in [-0.4, -0.2) is 21.7 Å². The SMILES string of the molecule is CCC.CCCC(CCC1CCC1)c1ccc(C2C3OC(C)(C)C(C)(C)SC32)cc1CCC1CCC1. The molecule has 5 rings (SSSR count). The first-order chi connectivity index (χ1) is 17.2. The van der Waals surface area contributed by atoms with Crippen molar-refractivity contribution in [3.8, 4) is 0 Å². The van der Waals surface area contributed by atoms with Gasteiger partial charge in [-0.05, 0) is 94.2 Å². The third-order valence-corrected chi connectivity index (χ3v) is 11.9. The lowest BCUT2D eigenvalue weighted by molar-refractivity contribution is -0.0563. The average Bonchev–Trinajstić information content (AvgIpc) is 3.41. The second-order valence-electron chi connectivity index (χ2n) is 13.6. The predicted molar refractivity (Wildman–Crippen MR) is 159 cm³/mol. The summed E-state index contributed by atoms with van der Waals surface area (Å²) in [6.07, 6.45) is 18.7. The lowest BCUT2D eigenvalue weighted by Gasteiger charge is -2.44. The largest absolute Gasteiger partial charge is 0.369 e. The maximum atomic E-state index is 6.67. The van der Waals surface area contributed by atoms with Gasteiger partial charge in [0.2, 0.25) is 0 Å². The van der Waals surface area contributed by atoms with E-state index in [1.165, 1.54) is 83.5 Å². The van der Waals surface area contributed by atoms with Crippen LogP contribution >= 0.6 is 11.8 Å². The minimum Gasteiger partial charge on any atom is -0.369 e. The van der Waals surface area contributed by atoms with Crippen LogP contribution in [0.25, 0.3) is 0 Å². The molecule has 0 N–H and O–H groups in total. The third-order valence-electron chi connectivity index (χ3n) is 10.0. The van der Waals surface area contributed by atoms with E-state index in [9.17, 15) is 0 Å². The molecule has 4 atom stereocenters. The summed E-state index contributed by atoms with van der Waals surface area (Å²) in [5.41, 5.74) is 4.90. The highest BCUT2D eigenvalue weighted by Gasteiger charge is 2.63. The van der Waals surface area contributed by atoms with Gasteiger partial charge in [0.15, 0.2) is 0 Å². The van der Waals surface area contributed by atoms with Gasteiger partial charge in [-0.2, -0.15) is 0 Å². The number of hydrogen-bond acceptors (Lipinski definition) is 2. The molecule has 3 aliphatic carbocycles. The van der Waals surface area contributed by atoms with Gasteiger partial charge >= 0.3 is 0 Å². The molecule has 1 aromatic rings. The first-order valence-corrected chi connectivity index (χ1v) is 16.6. The van der Waals surface area contributed by atoms with E-state index in [1.807, 2.05) is 0 Å². The van der Waals surface area contributed by atoms with Crippen LogP contribution in [0.5, 0.6) is 0 Å². The Bertz CT molecular complexity index is 812. The van der Waals surface area contributed by atoms with Crippen LogP contribution in [0.3, 0.4) is 0 Å². The zero-order valence-corrected chi connectivity index (χ0v) is 25.5. The van der Waals surface area contributed by atoms with Crippen LogP contribution < -0.4 is 0 Å². The first kappa shape index (κ1) is 28.5. The highest BCUT2D eigenvalue weighted by molar-refractivity contribution is 8.01. The number of ether oxygens (including phenoxy) is 1. The second-order valence-corrected chi connectivity index (χ2v) is 15.4. The number of benzene rings is 1. The Hall–Kier alpha value is -0.470. The van der Waals surface area contributed by atoms with Gasteiger partial charge in [0.1, 0.15) is 0 Å². The zero-order valence-electron chi connectivity index (χ0n) is 24.7. The molecule has 1 aliphatic heterocycles. The molecule has 1 nitrogen and oxygen atoms in total. The zero-order chi connectivity index (χ0) is 25.9. The summed E-state index contributed by atoms with van der Waals surface area (Å²) in [6.45, 7) is 15.9. The van der Waals surface area contributed by atoms with Crippen molar-refractivity contribution in [2.24, 2.45) is 11.8 Å². The van der Waals surface area contributed by atoms with E-state index in [1.54, 1.807) is 16.7 Å². The summed E-state index contributed by atoms with van der Waals surface area (Å²) in [7, 11) is 0. The van der Waals surface area contributed by atoms with Crippen molar-refractivity contribution in [2.45, 2.75) is 165 Å². The van der Waals surface area contributed by atoms with E-state index < -0.39 is 0 Å². The minimum absolute atomic E-state index is 0.0612. The number of hydrogen-bond donors (Lipinski definition) is 0. The number of thioether (sulfide) groups is 1. The van der Waals surface area contributed by atoms with Gasteiger partial charge in [0, 0.05) is 15.9 Å². The molecule has 204 valence electrons. The van der Waals surface area contributed by atoms with E-state index in [0.717, 1.165) is 17.8 Å². The highest BCUT2D eigenvalue weighted by Crippen LogP contribution is 2.63. The number of aryl methyl sites for hydroxylation is 1. The van der Waals surface area contributed by atoms with Crippen molar-refractivity contribution in [3.05, 3.63) is 34.9 Å². The topological polar surface area (TPSA) is 9.23 Å². The maximum Gasteiger partial charge on any atom is 0.0788 e. The normalized spacial score (nSPS) is 29.2. The molecule has 0 spiro atoms. The molecule has 0 amide bonds. The van der Waals surface area contributed by atoms with Gasteiger partial charge in [0.05, 0.1) is 11.7 Å². The standard InChI is InChI=1S/C31H48OS.C3H8/c1-6-9-23(16-14-21-10-7-11-21)26-19-18-25(20-24(26)17-15-22-12-8-13-22)27-28-29(27)33-31(4,5)30(2,3)32-28;1-3-2/h18-23,27-29H,6-17H2,1-5H3;3H2,1-2H3. The molecule has 1 aromatic carbocycles. The van der Waals surface area contributed by atoms with Crippen molar-refractivity contribution >= 4 is 11.8 Å². The Balaban J connectivity index is 0.000000967. The summed E-state index contributed by atoms with van der Waals surface area (Å²) >= 11 is 2.18. The molecule has 2 heteroatoms. The minimum atomic E-state index is -0.0612. The van der Waals surface area contributed by atoms with E-state index in [0.29, 0.717) is 17.3 Å². The lowest BCUT2D eigenvalue weighted by Crippen LogP contribution is -2.48. The van der Waals surface area contributed by atoms with Gasteiger partial charge in [-0.15, -0.1) is 11.8 Å². The van der Waals surface area contributed by atoms with E-state index in [-0.39, 0.29) is 10.3 Å². The Morgan fingerprint density at radius 2 is 1.56 bits per heavy atom. The molecule has 0 radical (unpaired) electrons. The highest BCUT2D eigenvalue weighted by atomic mass is 32.2. The van der Waals surface area contributed by atoms with Crippen molar-refractivity contribution in [1.29, 1.82) is 0 Å². The number of fused-ring (bicyclic) bond motifs is 1.